The lowest BCUT2D eigenvalue weighted by molar-refractivity contribution is -0.141. The molecule has 9 heteroatoms. The first-order valence-corrected chi connectivity index (χ1v) is 13.3. The van der Waals surface area contributed by atoms with Gasteiger partial charge in [-0.05, 0) is 49.8 Å². The van der Waals surface area contributed by atoms with Crippen LogP contribution in [0, 0.1) is 12.8 Å². The molecule has 0 fully saturated rings. The predicted octanol–water partition coefficient (Wildman–Crippen LogP) is 4.11. The van der Waals surface area contributed by atoms with Gasteiger partial charge in [0.2, 0.25) is 10.0 Å². The molecule has 8 nitrogen and oxygen atoms in total. The maximum Gasteiger partial charge on any atom is 0.322 e. The number of carboxylic acid groups (broad SMARTS) is 1. The maximum atomic E-state index is 13.3. The second-order valence-corrected chi connectivity index (χ2v) is 11.1. The first-order chi connectivity index (χ1) is 16.5. The van der Waals surface area contributed by atoms with Crippen LogP contribution in [-0.4, -0.2) is 60.9 Å². The molecule has 0 bridgehead atoms. The molecule has 2 N–H and O–H groups in total. The van der Waals surface area contributed by atoms with Crippen LogP contribution in [0.4, 0.5) is 4.79 Å². The molecule has 2 amide bonds. The number of rotatable bonds is 13. The summed E-state index contributed by atoms with van der Waals surface area (Å²) in [6.45, 7) is 6.54. The number of sulfonamides is 1. The van der Waals surface area contributed by atoms with Crippen molar-refractivity contribution < 1.29 is 23.1 Å². The number of nitrogens with zero attached hydrogens (tertiary/aromatic N) is 2. The van der Waals surface area contributed by atoms with Crippen molar-refractivity contribution in [3.05, 3.63) is 65.7 Å². The second-order valence-electron chi connectivity index (χ2n) is 9.21. The molecule has 0 radical (unpaired) electrons. The molecule has 0 heterocycles. The van der Waals surface area contributed by atoms with Gasteiger partial charge in [0, 0.05) is 26.7 Å². The van der Waals surface area contributed by atoms with Crippen LogP contribution in [0.2, 0.25) is 0 Å². The first-order valence-electron chi connectivity index (χ1n) is 11.9. The van der Waals surface area contributed by atoms with Gasteiger partial charge in [0.15, 0.2) is 0 Å². The summed E-state index contributed by atoms with van der Waals surface area (Å²) in [4.78, 5) is 26.1. The number of hydrogen-bond acceptors (Lipinski definition) is 4. The molecule has 0 saturated carbocycles. The maximum absolute atomic E-state index is 13.3. The third-order valence-corrected chi connectivity index (χ3v) is 7.48. The van der Waals surface area contributed by atoms with E-state index in [1.165, 1.54) is 12.1 Å². The molecule has 35 heavy (non-hydrogen) atoms. The Kier molecular flexibility index (Phi) is 10.7. The average molecular weight is 504 g/mol. The van der Waals surface area contributed by atoms with E-state index in [1.54, 1.807) is 24.1 Å². The molecule has 192 valence electrons. The quantitative estimate of drug-likeness (QED) is 0.400. The van der Waals surface area contributed by atoms with Crippen LogP contribution in [0.15, 0.2) is 59.5 Å². The first kappa shape index (κ1) is 28.3. The third-order valence-electron chi connectivity index (χ3n) is 5.60. The van der Waals surface area contributed by atoms with Gasteiger partial charge < -0.3 is 15.3 Å². The minimum atomic E-state index is -3.98. The summed E-state index contributed by atoms with van der Waals surface area (Å²) < 4.78 is 27.8. The summed E-state index contributed by atoms with van der Waals surface area (Å²) in [5, 5.41) is 12.7. The van der Waals surface area contributed by atoms with E-state index in [9.17, 15) is 23.1 Å². The zero-order valence-corrected chi connectivity index (χ0v) is 21.8. The van der Waals surface area contributed by atoms with Gasteiger partial charge >= 0.3 is 12.0 Å². The highest BCUT2D eigenvalue weighted by molar-refractivity contribution is 7.89. The molecule has 0 saturated heterocycles. The van der Waals surface area contributed by atoms with Crippen LogP contribution in [0.3, 0.4) is 0 Å². The smallest absolute Gasteiger partial charge is 0.322 e. The van der Waals surface area contributed by atoms with Crippen LogP contribution >= 0.6 is 0 Å². The zero-order chi connectivity index (χ0) is 26.0. The molecule has 1 atom stereocenters. The molecule has 0 aliphatic rings. The Morgan fingerprint density at radius 3 is 2.20 bits per heavy atom. The van der Waals surface area contributed by atoms with Gasteiger partial charge in [-0.1, -0.05) is 61.9 Å². The minimum absolute atomic E-state index is 0.0449. The molecule has 0 unspecified atom stereocenters. The normalized spacial score (nSPS) is 12.5. The van der Waals surface area contributed by atoms with Gasteiger partial charge in [0.05, 0.1) is 4.90 Å². The van der Waals surface area contributed by atoms with Crippen molar-refractivity contribution in [3.8, 4) is 0 Å². The Morgan fingerprint density at radius 1 is 1.00 bits per heavy atom. The number of aliphatic carboxylic acids is 1. The zero-order valence-electron chi connectivity index (χ0n) is 21.0. The number of hydrogen-bond donors (Lipinski definition) is 2. The summed E-state index contributed by atoms with van der Waals surface area (Å²) in [5.74, 6) is -1.22. The number of unbranched alkanes of at least 4 members (excludes halogenated alkanes) is 1. The van der Waals surface area contributed by atoms with Crippen LogP contribution in [0.1, 0.15) is 44.2 Å². The molecule has 2 aromatic rings. The van der Waals surface area contributed by atoms with Crippen molar-refractivity contribution in [3.63, 3.8) is 0 Å². The SMILES string of the molecule is Cc1ccc(S(=O)(=O)N(CC(C)C)[C@@H](CCCCNC(=O)N(C)Cc2ccccc2)C(=O)O)cc1. The number of carbonyl (C=O) groups excluding carboxylic acids is 1. The van der Waals surface area contributed by atoms with Gasteiger partial charge in [0.1, 0.15) is 6.04 Å². The molecular formula is C26H37N3O5S. The average Bonchev–Trinajstić information content (AvgIpc) is 2.80. The molecule has 2 rings (SSSR count). The minimum Gasteiger partial charge on any atom is -0.480 e. The van der Waals surface area contributed by atoms with Crippen LogP contribution in [0.25, 0.3) is 0 Å². The number of urea groups is 1. The van der Waals surface area contributed by atoms with E-state index in [1.807, 2.05) is 51.1 Å². The summed E-state index contributed by atoms with van der Waals surface area (Å²) in [7, 11) is -2.27. The predicted molar refractivity (Wildman–Crippen MR) is 136 cm³/mol. The second kappa shape index (κ2) is 13.3. The number of amides is 2. The van der Waals surface area contributed by atoms with E-state index in [0.29, 0.717) is 25.9 Å². The van der Waals surface area contributed by atoms with E-state index >= 15 is 0 Å². The fraction of sp³-hybridized carbons (Fsp3) is 0.462. The van der Waals surface area contributed by atoms with Crippen molar-refractivity contribution in [2.45, 2.75) is 57.5 Å². The topological polar surface area (TPSA) is 107 Å². The van der Waals surface area contributed by atoms with Gasteiger partial charge in [-0.15, -0.1) is 0 Å². The van der Waals surface area contributed by atoms with Crippen LogP contribution in [0.5, 0.6) is 0 Å². The highest BCUT2D eigenvalue weighted by Crippen LogP contribution is 2.23. The van der Waals surface area contributed by atoms with Crippen molar-refractivity contribution in [2.75, 3.05) is 20.1 Å². The Labute approximate surface area is 209 Å². The Hall–Kier alpha value is -2.91. The molecule has 0 aromatic heterocycles. The van der Waals surface area contributed by atoms with Gasteiger partial charge in [-0.2, -0.15) is 4.31 Å². The van der Waals surface area contributed by atoms with Crippen molar-refractivity contribution >= 4 is 22.0 Å². The lowest BCUT2D eigenvalue weighted by atomic mass is 10.1. The van der Waals surface area contributed by atoms with Gasteiger partial charge in [0.25, 0.3) is 0 Å². The highest BCUT2D eigenvalue weighted by atomic mass is 32.2. The van der Waals surface area contributed by atoms with Crippen LogP contribution in [-0.2, 0) is 21.4 Å². The molecular weight excluding hydrogens is 466 g/mol. The van der Waals surface area contributed by atoms with E-state index < -0.39 is 22.0 Å². The van der Waals surface area contributed by atoms with Crippen molar-refractivity contribution in [2.24, 2.45) is 5.92 Å². The van der Waals surface area contributed by atoms with Crippen LogP contribution < -0.4 is 5.32 Å². The number of carboxylic acids is 1. The molecule has 0 spiro atoms. The van der Waals surface area contributed by atoms with E-state index in [4.69, 9.17) is 0 Å². The monoisotopic (exact) mass is 503 g/mol. The number of carbonyl (C=O) groups is 2. The lowest BCUT2D eigenvalue weighted by Gasteiger charge is -2.29. The standard InChI is InChI=1S/C26H37N3O5S/c1-20(2)18-29(35(33,34)23-15-13-21(3)14-16-23)24(25(30)31)12-8-9-17-27-26(32)28(4)19-22-10-6-5-7-11-22/h5-7,10-11,13-16,20,24H,8-9,12,17-19H2,1-4H3,(H,27,32)(H,30,31)/t24-/m0/s1. The summed E-state index contributed by atoms with van der Waals surface area (Å²) in [6, 6.07) is 14.7. The van der Waals surface area contributed by atoms with E-state index in [2.05, 4.69) is 5.32 Å². The number of aryl methyl sites for hydroxylation is 1. The van der Waals surface area contributed by atoms with Crippen molar-refractivity contribution in [1.29, 1.82) is 0 Å². The lowest BCUT2D eigenvalue weighted by Crippen LogP contribution is -2.46. The van der Waals surface area contributed by atoms with E-state index in [-0.39, 0.29) is 29.8 Å². The Morgan fingerprint density at radius 2 is 1.63 bits per heavy atom. The number of benzene rings is 2. The fourth-order valence-corrected chi connectivity index (χ4v) is 5.49. The largest absolute Gasteiger partial charge is 0.480 e. The number of nitrogens with one attached hydrogen (secondary N) is 1. The van der Waals surface area contributed by atoms with E-state index in [0.717, 1.165) is 15.4 Å². The third kappa shape index (κ3) is 8.67. The molecule has 2 aromatic carbocycles. The van der Waals surface area contributed by atoms with Gasteiger partial charge in [-0.3, -0.25) is 4.79 Å². The Balaban J connectivity index is 1.96. The van der Waals surface area contributed by atoms with Crippen molar-refractivity contribution in [1.82, 2.24) is 14.5 Å². The highest BCUT2D eigenvalue weighted by Gasteiger charge is 2.35. The summed E-state index contributed by atoms with van der Waals surface area (Å²) >= 11 is 0. The Bertz CT molecular complexity index is 1060. The fourth-order valence-electron chi connectivity index (χ4n) is 3.71. The molecule has 0 aliphatic carbocycles. The molecule has 0 aliphatic heterocycles. The summed E-state index contributed by atoms with van der Waals surface area (Å²) in [6.07, 6.45) is 1.15. The summed E-state index contributed by atoms with van der Waals surface area (Å²) in [5.41, 5.74) is 1.94. The van der Waals surface area contributed by atoms with Gasteiger partial charge in [-0.25, -0.2) is 13.2 Å².